The molecular weight excluding hydrogens is 171 g/mol. The van der Waals surface area contributed by atoms with Gasteiger partial charge in [-0.15, -0.1) is 0 Å². The summed E-state index contributed by atoms with van der Waals surface area (Å²) in [5, 5.41) is -1.07. The fourth-order valence-corrected chi connectivity index (χ4v) is 0.560. The molecule has 0 aliphatic rings. The van der Waals surface area contributed by atoms with Crippen LogP contribution in [0.25, 0.3) is 0 Å². The predicted octanol–water partition coefficient (Wildman–Crippen LogP) is 0.806. The number of esters is 2. The molecule has 0 fully saturated rings. The largest absolute Gasteiger partial charge is 0.426 e. The van der Waals surface area contributed by atoms with Crippen molar-refractivity contribution < 1.29 is 19.1 Å². The SMILES string of the molecule is [B]C(C)(C)C(=O)OC(C)OC(C)=O. The fraction of sp³-hybridized carbons (Fsp3) is 0.750. The molecule has 0 heterocycles. The van der Waals surface area contributed by atoms with Crippen LogP contribution in [-0.2, 0) is 19.1 Å². The number of carbonyl (C=O) groups excluding carboxylic acids is 2. The highest BCUT2D eigenvalue weighted by Gasteiger charge is 2.24. The van der Waals surface area contributed by atoms with Gasteiger partial charge in [0, 0.05) is 19.2 Å². The Morgan fingerprint density at radius 1 is 1.31 bits per heavy atom. The molecular formula is C8H13BO4. The zero-order chi connectivity index (χ0) is 10.6. The lowest BCUT2D eigenvalue weighted by Gasteiger charge is -2.20. The molecule has 0 aliphatic carbocycles. The summed E-state index contributed by atoms with van der Waals surface area (Å²) in [6.45, 7) is 5.70. The van der Waals surface area contributed by atoms with E-state index in [0.29, 0.717) is 0 Å². The molecule has 0 spiro atoms. The van der Waals surface area contributed by atoms with Crippen LogP contribution in [0.4, 0.5) is 0 Å². The molecule has 0 rings (SSSR count). The van der Waals surface area contributed by atoms with Gasteiger partial charge in [0.2, 0.25) is 6.29 Å². The molecule has 5 heteroatoms. The Bertz CT molecular complexity index is 207. The summed E-state index contributed by atoms with van der Waals surface area (Å²) in [4.78, 5) is 21.6. The van der Waals surface area contributed by atoms with Gasteiger partial charge in [0.05, 0.1) is 7.85 Å². The van der Waals surface area contributed by atoms with Gasteiger partial charge >= 0.3 is 11.9 Å². The maximum absolute atomic E-state index is 11.1. The third-order valence-electron chi connectivity index (χ3n) is 1.13. The van der Waals surface area contributed by atoms with E-state index in [9.17, 15) is 9.59 Å². The average Bonchev–Trinajstić information content (AvgIpc) is 1.82. The Morgan fingerprint density at radius 3 is 2.08 bits per heavy atom. The van der Waals surface area contributed by atoms with Crippen LogP contribution in [-0.4, -0.2) is 26.1 Å². The van der Waals surface area contributed by atoms with Gasteiger partial charge in [-0.1, -0.05) is 13.8 Å². The van der Waals surface area contributed by atoms with E-state index in [4.69, 9.17) is 12.6 Å². The van der Waals surface area contributed by atoms with Gasteiger partial charge in [0.25, 0.3) is 0 Å². The molecule has 0 saturated heterocycles. The first-order chi connectivity index (χ1) is 5.73. The maximum Gasteiger partial charge on any atom is 0.305 e. The molecule has 0 aromatic carbocycles. The molecule has 4 nitrogen and oxygen atoms in total. The number of rotatable bonds is 3. The first-order valence-corrected chi connectivity index (χ1v) is 3.90. The van der Waals surface area contributed by atoms with Gasteiger partial charge in [-0.05, 0) is 0 Å². The molecule has 0 aromatic rings. The lowest BCUT2D eigenvalue weighted by Crippen LogP contribution is -2.27. The summed E-state index contributed by atoms with van der Waals surface area (Å²) < 4.78 is 9.30. The first-order valence-electron chi connectivity index (χ1n) is 3.90. The Kier molecular flexibility index (Phi) is 3.97. The van der Waals surface area contributed by atoms with Crippen molar-refractivity contribution in [3.63, 3.8) is 0 Å². The first kappa shape index (κ1) is 12.0. The molecule has 0 saturated carbocycles. The van der Waals surface area contributed by atoms with E-state index < -0.39 is 23.5 Å². The van der Waals surface area contributed by atoms with Gasteiger partial charge in [0.15, 0.2) is 0 Å². The van der Waals surface area contributed by atoms with E-state index in [1.807, 2.05) is 0 Å². The standard InChI is InChI=1S/C8H13BO4/c1-5(10)12-6(2)13-7(11)8(3,4)9/h6H,1-4H3. The Labute approximate surface area is 79.0 Å². The van der Waals surface area contributed by atoms with Gasteiger partial charge in [-0.3, -0.25) is 9.59 Å². The van der Waals surface area contributed by atoms with Crippen LogP contribution in [0.1, 0.15) is 27.7 Å². The van der Waals surface area contributed by atoms with Crippen LogP contribution < -0.4 is 0 Å². The molecule has 0 N–H and O–H groups in total. The number of hydrogen-bond acceptors (Lipinski definition) is 4. The maximum atomic E-state index is 11.1. The molecule has 2 radical (unpaired) electrons. The van der Waals surface area contributed by atoms with E-state index >= 15 is 0 Å². The minimum atomic E-state index is -1.07. The van der Waals surface area contributed by atoms with Crippen molar-refractivity contribution in [3.05, 3.63) is 0 Å². The quantitative estimate of drug-likeness (QED) is 0.370. The zero-order valence-electron chi connectivity index (χ0n) is 8.29. The van der Waals surface area contributed by atoms with Crippen molar-refractivity contribution in [1.82, 2.24) is 0 Å². The van der Waals surface area contributed by atoms with Gasteiger partial charge < -0.3 is 9.47 Å². The average molecular weight is 184 g/mol. The van der Waals surface area contributed by atoms with Crippen LogP contribution in [0, 0.1) is 0 Å². The van der Waals surface area contributed by atoms with Crippen molar-refractivity contribution in [2.45, 2.75) is 39.3 Å². The second-order valence-corrected chi connectivity index (χ2v) is 3.30. The lowest BCUT2D eigenvalue weighted by atomic mass is 9.73. The minimum absolute atomic E-state index is 0.505. The minimum Gasteiger partial charge on any atom is -0.426 e. The summed E-state index contributed by atoms with van der Waals surface area (Å²) in [5.41, 5.74) is 0. The van der Waals surface area contributed by atoms with Crippen LogP contribution in [0.3, 0.4) is 0 Å². The van der Waals surface area contributed by atoms with E-state index in [1.54, 1.807) is 0 Å². The van der Waals surface area contributed by atoms with Crippen molar-refractivity contribution in [3.8, 4) is 0 Å². The lowest BCUT2D eigenvalue weighted by molar-refractivity contribution is -0.184. The summed E-state index contributed by atoms with van der Waals surface area (Å²) in [5.74, 6) is -1.11. The van der Waals surface area contributed by atoms with E-state index in [1.165, 1.54) is 27.7 Å². The van der Waals surface area contributed by atoms with Crippen molar-refractivity contribution in [2.24, 2.45) is 0 Å². The smallest absolute Gasteiger partial charge is 0.305 e. The Morgan fingerprint density at radius 2 is 1.77 bits per heavy atom. The molecule has 0 aromatic heterocycles. The van der Waals surface area contributed by atoms with E-state index in [-0.39, 0.29) is 0 Å². The number of ether oxygens (including phenoxy) is 2. The summed E-state index contributed by atoms with van der Waals surface area (Å²) >= 11 is 0. The monoisotopic (exact) mass is 184 g/mol. The van der Waals surface area contributed by atoms with Gasteiger partial charge in [0.1, 0.15) is 0 Å². The highest BCUT2D eigenvalue weighted by molar-refractivity contribution is 6.26. The normalized spacial score (nSPS) is 13.2. The molecule has 0 amide bonds. The van der Waals surface area contributed by atoms with Crippen molar-refractivity contribution in [1.29, 1.82) is 0 Å². The van der Waals surface area contributed by atoms with Gasteiger partial charge in [-0.2, -0.15) is 0 Å². The number of carbonyl (C=O) groups is 2. The molecule has 13 heavy (non-hydrogen) atoms. The van der Waals surface area contributed by atoms with E-state index in [2.05, 4.69) is 4.74 Å². The predicted molar refractivity (Wildman–Crippen MR) is 47.1 cm³/mol. The topological polar surface area (TPSA) is 52.6 Å². The summed E-state index contributed by atoms with van der Waals surface area (Å²) in [6.07, 6.45) is -0.896. The highest BCUT2D eigenvalue weighted by Crippen LogP contribution is 2.20. The molecule has 0 aliphatic heterocycles. The van der Waals surface area contributed by atoms with Gasteiger partial charge in [-0.25, -0.2) is 0 Å². The van der Waals surface area contributed by atoms with Crippen LogP contribution in [0.15, 0.2) is 0 Å². The second kappa shape index (κ2) is 4.30. The molecule has 1 atom stereocenters. The summed E-state index contributed by atoms with van der Waals surface area (Å²) in [7, 11) is 5.44. The van der Waals surface area contributed by atoms with Crippen LogP contribution in [0.2, 0.25) is 5.31 Å². The van der Waals surface area contributed by atoms with E-state index in [0.717, 1.165) is 0 Å². The van der Waals surface area contributed by atoms with Crippen LogP contribution in [0.5, 0.6) is 0 Å². The zero-order valence-corrected chi connectivity index (χ0v) is 8.29. The van der Waals surface area contributed by atoms with Crippen LogP contribution >= 0.6 is 0 Å². The molecule has 0 bridgehead atoms. The van der Waals surface area contributed by atoms with Crippen molar-refractivity contribution in [2.75, 3.05) is 0 Å². The Hall–Kier alpha value is -0.995. The molecule has 72 valence electrons. The second-order valence-electron chi connectivity index (χ2n) is 3.30. The summed E-state index contributed by atoms with van der Waals surface area (Å²) in [6, 6.07) is 0. The highest BCUT2D eigenvalue weighted by atomic mass is 16.7. The third-order valence-corrected chi connectivity index (χ3v) is 1.13. The molecule has 1 unspecified atom stereocenters. The van der Waals surface area contributed by atoms with Crippen molar-refractivity contribution >= 4 is 19.8 Å². The fourth-order valence-electron chi connectivity index (χ4n) is 0.560. The number of hydrogen-bond donors (Lipinski definition) is 0. The Balaban J connectivity index is 4.00. The third kappa shape index (κ3) is 5.28.